The molecule has 0 aromatic rings. The fraction of sp³-hybridized carbons (Fsp3) is 0.929. The van der Waals surface area contributed by atoms with Gasteiger partial charge in [0.25, 0.3) is 0 Å². The Labute approximate surface area is 117 Å². The lowest BCUT2D eigenvalue weighted by atomic mass is 10.2. The van der Waals surface area contributed by atoms with E-state index in [9.17, 15) is 9.36 Å². The number of rotatable bonds is 8. The van der Waals surface area contributed by atoms with Crippen molar-refractivity contribution < 1.29 is 18.4 Å². The second-order valence-corrected chi connectivity index (χ2v) is 8.79. The van der Waals surface area contributed by atoms with Crippen molar-refractivity contribution in [1.82, 2.24) is 0 Å². The van der Waals surface area contributed by atoms with E-state index >= 15 is 0 Å². The van der Waals surface area contributed by atoms with E-state index in [4.69, 9.17) is 9.05 Å². The molecule has 0 rings (SSSR count). The molecule has 114 valence electrons. The Morgan fingerprint density at radius 1 is 0.895 bits per heavy atom. The van der Waals surface area contributed by atoms with Crippen LogP contribution in [0.1, 0.15) is 67.2 Å². The lowest BCUT2D eigenvalue weighted by Crippen LogP contribution is -2.24. The zero-order valence-corrected chi connectivity index (χ0v) is 14.1. The molecule has 0 aliphatic carbocycles. The first-order chi connectivity index (χ1) is 8.47. The smallest absolute Gasteiger partial charge is 0.303 e. The minimum absolute atomic E-state index is 0.403. The summed E-state index contributed by atoms with van der Waals surface area (Å²) in [6.07, 6.45) is 4.32. The summed E-state index contributed by atoms with van der Waals surface area (Å²) in [5.41, 5.74) is -0.993. The largest absolute Gasteiger partial charge is 0.331 e. The predicted molar refractivity (Wildman–Crippen MR) is 78.7 cm³/mol. The van der Waals surface area contributed by atoms with Gasteiger partial charge in [0.15, 0.2) is 0 Å². The summed E-state index contributed by atoms with van der Waals surface area (Å²) in [5.74, 6) is 0. The highest BCUT2D eigenvalue weighted by Gasteiger charge is 2.34. The molecule has 0 aliphatic rings. The van der Waals surface area contributed by atoms with Crippen LogP contribution in [0.25, 0.3) is 0 Å². The monoisotopic (exact) mass is 292 g/mol. The Morgan fingerprint density at radius 3 is 1.74 bits per heavy atom. The number of carbonyl (C=O) groups is 1. The van der Waals surface area contributed by atoms with Gasteiger partial charge in [0.2, 0.25) is 0 Å². The van der Waals surface area contributed by atoms with Crippen molar-refractivity contribution in [3.8, 4) is 0 Å². The second kappa shape index (κ2) is 7.56. The molecular weight excluding hydrogens is 263 g/mol. The molecule has 19 heavy (non-hydrogen) atoms. The van der Waals surface area contributed by atoms with Gasteiger partial charge in [-0.15, -0.1) is 0 Å². The van der Waals surface area contributed by atoms with Crippen LogP contribution >= 0.6 is 7.60 Å². The molecule has 4 nitrogen and oxygen atoms in total. The molecule has 0 fully saturated rings. The average Bonchev–Trinajstić information content (AvgIpc) is 2.10. The standard InChI is InChI=1S/C14H29O4P/c1-13(2,3)17-19(16,18-14(4,5)6)12-10-8-7-9-11-15/h11H,7-10,12H2,1-6H3. The third-order valence-corrected chi connectivity index (χ3v) is 4.60. The van der Waals surface area contributed by atoms with Crippen LogP contribution in [0.3, 0.4) is 0 Å². The van der Waals surface area contributed by atoms with E-state index in [0.29, 0.717) is 12.6 Å². The summed E-state index contributed by atoms with van der Waals surface area (Å²) in [6.45, 7) is 11.2. The third kappa shape index (κ3) is 11.4. The Morgan fingerprint density at radius 2 is 1.37 bits per heavy atom. The van der Waals surface area contributed by atoms with Crippen LogP contribution < -0.4 is 0 Å². The maximum absolute atomic E-state index is 12.8. The van der Waals surface area contributed by atoms with Gasteiger partial charge in [-0.3, -0.25) is 4.57 Å². The number of aldehydes is 1. The lowest BCUT2D eigenvalue weighted by Gasteiger charge is -2.32. The molecule has 0 saturated heterocycles. The van der Waals surface area contributed by atoms with Crippen LogP contribution in [-0.4, -0.2) is 23.7 Å². The molecule has 0 aromatic heterocycles. The fourth-order valence-corrected chi connectivity index (χ4v) is 4.15. The van der Waals surface area contributed by atoms with Crippen LogP contribution in [0.15, 0.2) is 0 Å². The Balaban J connectivity index is 4.50. The van der Waals surface area contributed by atoms with E-state index in [-0.39, 0.29) is 0 Å². The first-order valence-corrected chi connectivity index (χ1v) is 8.64. The molecule has 0 heterocycles. The minimum atomic E-state index is -3.10. The van der Waals surface area contributed by atoms with Gasteiger partial charge in [-0.2, -0.15) is 0 Å². The maximum Gasteiger partial charge on any atom is 0.331 e. The summed E-state index contributed by atoms with van der Waals surface area (Å²) in [5, 5.41) is 0. The predicted octanol–water partition coefficient (Wildman–Crippen LogP) is 4.57. The molecule has 0 atom stereocenters. The van der Waals surface area contributed by atoms with Gasteiger partial charge >= 0.3 is 7.60 Å². The van der Waals surface area contributed by atoms with Crippen molar-refractivity contribution in [2.75, 3.05) is 6.16 Å². The van der Waals surface area contributed by atoms with Crippen molar-refractivity contribution in [2.45, 2.75) is 78.4 Å². The van der Waals surface area contributed by atoms with Crippen LogP contribution in [-0.2, 0) is 18.4 Å². The molecular formula is C14H29O4P. The van der Waals surface area contributed by atoms with Crippen LogP contribution in [0.5, 0.6) is 0 Å². The van der Waals surface area contributed by atoms with Crippen molar-refractivity contribution in [2.24, 2.45) is 0 Å². The quantitative estimate of drug-likeness (QED) is 0.373. The summed E-state index contributed by atoms with van der Waals surface area (Å²) in [7, 11) is -3.10. The highest BCUT2D eigenvalue weighted by atomic mass is 31.2. The Bertz CT molecular complexity index is 292. The molecule has 0 aliphatic heterocycles. The van der Waals surface area contributed by atoms with E-state index in [1.54, 1.807) is 0 Å². The Hall–Kier alpha value is -0.180. The molecule has 0 unspecified atom stereocenters. The topological polar surface area (TPSA) is 52.6 Å². The highest BCUT2D eigenvalue weighted by Crippen LogP contribution is 2.54. The number of hydrogen-bond acceptors (Lipinski definition) is 4. The summed E-state index contributed by atoms with van der Waals surface area (Å²) >= 11 is 0. The van der Waals surface area contributed by atoms with E-state index in [1.807, 2.05) is 41.5 Å². The molecule has 0 aromatic carbocycles. The average molecular weight is 292 g/mol. The molecule has 0 spiro atoms. The van der Waals surface area contributed by atoms with Gasteiger partial charge in [0, 0.05) is 6.42 Å². The van der Waals surface area contributed by atoms with Gasteiger partial charge in [-0.25, -0.2) is 0 Å². The van der Waals surface area contributed by atoms with E-state index in [1.165, 1.54) is 0 Å². The van der Waals surface area contributed by atoms with Gasteiger partial charge < -0.3 is 13.8 Å². The molecule has 0 bridgehead atoms. The van der Waals surface area contributed by atoms with Crippen molar-refractivity contribution in [3.63, 3.8) is 0 Å². The summed E-state index contributed by atoms with van der Waals surface area (Å²) < 4.78 is 24.1. The molecule has 0 amide bonds. The van der Waals surface area contributed by atoms with Gasteiger partial charge in [-0.05, 0) is 54.4 Å². The zero-order valence-electron chi connectivity index (χ0n) is 13.2. The summed E-state index contributed by atoms with van der Waals surface area (Å²) in [6, 6.07) is 0. The van der Waals surface area contributed by atoms with Crippen molar-refractivity contribution in [1.29, 1.82) is 0 Å². The number of unbranched alkanes of at least 4 members (excludes halogenated alkanes) is 3. The first kappa shape index (κ1) is 18.8. The first-order valence-electron chi connectivity index (χ1n) is 6.92. The van der Waals surface area contributed by atoms with E-state index in [0.717, 1.165) is 25.5 Å². The summed E-state index contributed by atoms with van der Waals surface area (Å²) in [4.78, 5) is 10.2. The van der Waals surface area contributed by atoms with Crippen LogP contribution in [0.4, 0.5) is 0 Å². The van der Waals surface area contributed by atoms with Gasteiger partial charge in [0.1, 0.15) is 6.29 Å². The van der Waals surface area contributed by atoms with Crippen LogP contribution in [0.2, 0.25) is 0 Å². The Kier molecular flexibility index (Phi) is 7.49. The van der Waals surface area contributed by atoms with E-state index < -0.39 is 18.8 Å². The SMILES string of the molecule is CC(C)(C)OP(=O)(CCCCCC=O)OC(C)(C)C. The van der Waals surface area contributed by atoms with E-state index in [2.05, 4.69) is 0 Å². The van der Waals surface area contributed by atoms with Gasteiger partial charge in [0.05, 0.1) is 17.4 Å². The highest BCUT2D eigenvalue weighted by molar-refractivity contribution is 7.53. The number of carbonyl (C=O) groups excluding carboxylic acids is 1. The molecule has 0 N–H and O–H groups in total. The molecule has 5 heteroatoms. The van der Waals surface area contributed by atoms with Gasteiger partial charge in [-0.1, -0.05) is 6.42 Å². The molecule has 0 saturated carbocycles. The normalized spacial score (nSPS) is 13.6. The van der Waals surface area contributed by atoms with Crippen molar-refractivity contribution in [3.05, 3.63) is 0 Å². The fourth-order valence-electron chi connectivity index (χ4n) is 1.65. The molecule has 0 radical (unpaired) electrons. The zero-order chi connectivity index (χ0) is 15.2. The minimum Gasteiger partial charge on any atom is -0.303 e. The second-order valence-electron chi connectivity index (χ2n) is 6.76. The maximum atomic E-state index is 12.8. The lowest BCUT2D eigenvalue weighted by molar-refractivity contribution is -0.107. The van der Waals surface area contributed by atoms with Crippen LogP contribution in [0, 0.1) is 0 Å². The number of hydrogen-bond donors (Lipinski definition) is 0. The van der Waals surface area contributed by atoms with Crippen molar-refractivity contribution >= 4 is 13.9 Å². The third-order valence-electron chi connectivity index (χ3n) is 2.08.